The molecule has 0 aliphatic heterocycles. The number of hydrogen-bond acceptors (Lipinski definition) is 5. The molecule has 90 valence electrons. The fourth-order valence-corrected chi connectivity index (χ4v) is 1.31. The van der Waals surface area contributed by atoms with Crippen LogP contribution in [-0.4, -0.2) is 23.6 Å². The van der Waals surface area contributed by atoms with E-state index in [1.807, 2.05) is 0 Å². The van der Waals surface area contributed by atoms with Crippen molar-refractivity contribution in [3.05, 3.63) is 6.07 Å². The van der Waals surface area contributed by atoms with Gasteiger partial charge < -0.3 is 15.8 Å². The van der Waals surface area contributed by atoms with Gasteiger partial charge in [-0.25, -0.2) is 0 Å². The van der Waals surface area contributed by atoms with E-state index in [-0.39, 0.29) is 5.95 Å². The molecular formula is C11H20N4O. The van der Waals surface area contributed by atoms with E-state index in [4.69, 9.17) is 10.5 Å². The van der Waals surface area contributed by atoms with Crippen molar-refractivity contribution in [2.75, 3.05) is 24.7 Å². The summed E-state index contributed by atoms with van der Waals surface area (Å²) >= 11 is 0. The molecule has 0 amide bonds. The zero-order chi connectivity index (χ0) is 12.0. The van der Waals surface area contributed by atoms with Gasteiger partial charge in [0.2, 0.25) is 11.8 Å². The molecule has 5 heteroatoms. The van der Waals surface area contributed by atoms with Gasteiger partial charge in [0.15, 0.2) is 0 Å². The first-order chi connectivity index (χ1) is 7.61. The smallest absolute Gasteiger partial charge is 0.225 e. The Bertz CT molecular complexity index is 328. The minimum Gasteiger partial charge on any atom is -0.477 e. The maximum Gasteiger partial charge on any atom is 0.225 e. The molecular weight excluding hydrogens is 204 g/mol. The van der Waals surface area contributed by atoms with Gasteiger partial charge in [0, 0.05) is 13.1 Å². The molecule has 0 aliphatic rings. The summed E-state index contributed by atoms with van der Waals surface area (Å²) in [4.78, 5) is 7.99. The van der Waals surface area contributed by atoms with Crippen molar-refractivity contribution in [2.24, 2.45) is 5.92 Å². The van der Waals surface area contributed by atoms with Crippen molar-refractivity contribution in [3.63, 3.8) is 0 Å². The summed E-state index contributed by atoms with van der Waals surface area (Å²) in [5.41, 5.74) is 5.55. The third-order valence-electron chi connectivity index (χ3n) is 2.15. The van der Waals surface area contributed by atoms with Gasteiger partial charge in [-0.3, -0.25) is 0 Å². The van der Waals surface area contributed by atoms with Crippen LogP contribution in [-0.2, 0) is 0 Å². The molecule has 0 saturated heterocycles. The fourth-order valence-electron chi connectivity index (χ4n) is 1.31. The molecule has 0 aliphatic carbocycles. The summed E-state index contributed by atoms with van der Waals surface area (Å²) in [6.07, 6.45) is 2.18. The molecule has 16 heavy (non-hydrogen) atoms. The van der Waals surface area contributed by atoms with Crippen molar-refractivity contribution >= 4 is 11.8 Å². The number of anilines is 2. The van der Waals surface area contributed by atoms with Crippen LogP contribution in [0.5, 0.6) is 5.88 Å². The molecule has 0 spiro atoms. The van der Waals surface area contributed by atoms with E-state index in [1.54, 1.807) is 13.1 Å². The number of aromatic nitrogens is 2. The highest BCUT2D eigenvalue weighted by Crippen LogP contribution is 2.14. The van der Waals surface area contributed by atoms with E-state index in [2.05, 4.69) is 29.1 Å². The first kappa shape index (κ1) is 12.5. The summed E-state index contributed by atoms with van der Waals surface area (Å²) in [5.74, 6) is 2.13. The van der Waals surface area contributed by atoms with Crippen LogP contribution >= 0.6 is 0 Å². The van der Waals surface area contributed by atoms with Crippen LogP contribution in [0.2, 0.25) is 0 Å². The second-order valence-electron chi connectivity index (χ2n) is 4.08. The van der Waals surface area contributed by atoms with Crippen LogP contribution in [0.1, 0.15) is 26.7 Å². The normalized spacial score (nSPS) is 10.5. The number of ether oxygens (including phenoxy) is 1. The predicted octanol–water partition coefficient (Wildman–Crippen LogP) is 1.92. The molecule has 1 aromatic heterocycles. The Kier molecular flexibility index (Phi) is 4.82. The average molecular weight is 224 g/mol. The molecule has 0 saturated carbocycles. The highest BCUT2D eigenvalue weighted by Gasteiger charge is 2.02. The second kappa shape index (κ2) is 6.15. The lowest BCUT2D eigenvalue weighted by Gasteiger charge is -2.08. The average Bonchev–Trinajstić information content (AvgIpc) is 2.23. The quantitative estimate of drug-likeness (QED) is 0.722. The van der Waals surface area contributed by atoms with E-state index in [0.29, 0.717) is 24.2 Å². The molecule has 0 radical (unpaired) electrons. The molecule has 1 heterocycles. The summed E-state index contributed by atoms with van der Waals surface area (Å²) in [7, 11) is 1.78. The Hall–Kier alpha value is -1.52. The zero-order valence-electron chi connectivity index (χ0n) is 10.2. The Morgan fingerprint density at radius 3 is 2.81 bits per heavy atom. The number of nitrogen functional groups attached to an aromatic ring is 1. The third-order valence-corrected chi connectivity index (χ3v) is 2.15. The molecule has 0 unspecified atom stereocenters. The van der Waals surface area contributed by atoms with Gasteiger partial charge in [0.1, 0.15) is 5.82 Å². The lowest BCUT2D eigenvalue weighted by molar-refractivity contribution is 0.287. The second-order valence-corrected chi connectivity index (χ2v) is 4.08. The van der Waals surface area contributed by atoms with Gasteiger partial charge in [-0.15, -0.1) is 0 Å². The molecule has 1 rings (SSSR count). The molecule has 3 N–H and O–H groups in total. The lowest BCUT2D eigenvalue weighted by atomic mass is 10.1. The van der Waals surface area contributed by atoms with Gasteiger partial charge in [-0.05, 0) is 18.8 Å². The number of hydrogen-bond donors (Lipinski definition) is 2. The summed E-state index contributed by atoms with van der Waals surface area (Å²) in [6.45, 7) is 5.06. The van der Waals surface area contributed by atoms with E-state index in [1.165, 1.54) is 0 Å². The topological polar surface area (TPSA) is 73.1 Å². The maximum atomic E-state index is 5.55. The predicted molar refractivity (Wildman–Crippen MR) is 65.6 cm³/mol. The van der Waals surface area contributed by atoms with Gasteiger partial charge in [0.25, 0.3) is 0 Å². The molecule has 0 atom stereocenters. The van der Waals surface area contributed by atoms with Crippen LogP contribution in [0.4, 0.5) is 11.8 Å². The minimum absolute atomic E-state index is 0.228. The number of nitrogens with two attached hydrogens (primary N) is 1. The van der Waals surface area contributed by atoms with Crippen LogP contribution < -0.4 is 15.8 Å². The number of nitrogens with zero attached hydrogens (tertiary/aromatic N) is 2. The molecule has 0 bridgehead atoms. The van der Waals surface area contributed by atoms with E-state index in [9.17, 15) is 0 Å². The molecule has 5 nitrogen and oxygen atoms in total. The van der Waals surface area contributed by atoms with E-state index < -0.39 is 0 Å². The Morgan fingerprint density at radius 2 is 2.19 bits per heavy atom. The summed E-state index contributed by atoms with van der Waals surface area (Å²) in [6, 6.07) is 1.74. The minimum atomic E-state index is 0.228. The highest BCUT2D eigenvalue weighted by molar-refractivity contribution is 5.41. The van der Waals surface area contributed by atoms with Crippen LogP contribution in [0, 0.1) is 5.92 Å². The molecule has 0 aromatic carbocycles. The van der Waals surface area contributed by atoms with Crippen molar-refractivity contribution < 1.29 is 4.74 Å². The van der Waals surface area contributed by atoms with E-state index >= 15 is 0 Å². The van der Waals surface area contributed by atoms with Crippen molar-refractivity contribution in [2.45, 2.75) is 26.7 Å². The maximum absolute atomic E-state index is 5.55. The Morgan fingerprint density at radius 1 is 1.44 bits per heavy atom. The molecule has 0 fully saturated rings. The highest BCUT2D eigenvalue weighted by atomic mass is 16.5. The van der Waals surface area contributed by atoms with Gasteiger partial charge >= 0.3 is 0 Å². The lowest BCUT2D eigenvalue weighted by Crippen LogP contribution is -2.05. The van der Waals surface area contributed by atoms with Gasteiger partial charge in [-0.2, -0.15) is 9.97 Å². The standard InChI is InChI=1S/C11H20N4O/c1-8(2)5-4-6-16-10-7-9(13-3)14-11(12)15-10/h7-8H,4-6H2,1-3H3,(H3,12,13,14,15). The van der Waals surface area contributed by atoms with Crippen LogP contribution in [0.25, 0.3) is 0 Å². The summed E-state index contributed by atoms with van der Waals surface area (Å²) in [5, 5.41) is 2.91. The van der Waals surface area contributed by atoms with Gasteiger partial charge in [0.05, 0.1) is 6.61 Å². The Balaban J connectivity index is 2.44. The first-order valence-corrected chi connectivity index (χ1v) is 5.57. The monoisotopic (exact) mass is 224 g/mol. The van der Waals surface area contributed by atoms with Crippen molar-refractivity contribution in [1.29, 1.82) is 0 Å². The zero-order valence-corrected chi connectivity index (χ0v) is 10.2. The molecule has 1 aromatic rings. The third kappa shape index (κ3) is 4.33. The SMILES string of the molecule is CNc1cc(OCCCC(C)C)nc(N)n1. The largest absolute Gasteiger partial charge is 0.477 e. The Labute approximate surface area is 96.4 Å². The van der Waals surface area contributed by atoms with Crippen molar-refractivity contribution in [3.8, 4) is 5.88 Å². The van der Waals surface area contributed by atoms with Crippen LogP contribution in [0.3, 0.4) is 0 Å². The fraction of sp³-hybridized carbons (Fsp3) is 0.636. The number of rotatable bonds is 6. The summed E-state index contributed by atoms with van der Waals surface area (Å²) < 4.78 is 5.51. The first-order valence-electron chi connectivity index (χ1n) is 5.57. The van der Waals surface area contributed by atoms with Crippen LogP contribution in [0.15, 0.2) is 6.07 Å². The van der Waals surface area contributed by atoms with Crippen molar-refractivity contribution in [1.82, 2.24) is 9.97 Å². The van der Waals surface area contributed by atoms with E-state index in [0.717, 1.165) is 12.8 Å². The number of nitrogens with one attached hydrogen (secondary N) is 1. The van der Waals surface area contributed by atoms with Gasteiger partial charge in [-0.1, -0.05) is 13.8 Å².